The van der Waals surface area contributed by atoms with Gasteiger partial charge in [0.1, 0.15) is 0 Å². The molecule has 0 aromatic heterocycles. The first kappa shape index (κ1) is 25.5. The lowest BCUT2D eigenvalue weighted by Crippen LogP contribution is -2.36. The second-order valence-electron chi connectivity index (χ2n) is 6.42. The number of halogens is 4. The smallest absolute Gasteiger partial charge is 0.475 e. The molecule has 3 N–H and O–H groups in total. The number of esters is 1. The molecular weight excluding hydrogens is 423 g/mol. The van der Waals surface area contributed by atoms with Gasteiger partial charge in [-0.25, -0.2) is 4.79 Å². The van der Waals surface area contributed by atoms with Crippen LogP contribution in [0.25, 0.3) is 11.1 Å². The predicted octanol–water partition coefficient (Wildman–Crippen LogP) is 4.71. The first-order valence-corrected chi connectivity index (χ1v) is 9.40. The summed E-state index contributed by atoms with van der Waals surface area (Å²) in [4.78, 5) is 20.6. The Morgan fingerprint density at radius 1 is 1.13 bits per heavy atom. The van der Waals surface area contributed by atoms with Crippen molar-refractivity contribution in [1.82, 2.24) is 0 Å². The highest BCUT2D eigenvalue weighted by Gasteiger charge is 2.38. The molecule has 0 fully saturated rings. The van der Waals surface area contributed by atoms with Crippen LogP contribution in [-0.2, 0) is 20.7 Å². The van der Waals surface area contributed by atoms with E-state index in [0.29, 0.717) is 13.0 Å². The van der Waals surface area contributed by atoms with Crippen LogP contribution in [0.3, 0.4) is 0 Å². The largest absolute Gasteiger partial charge is 0.490 e. The molecule has 0 spiro atoms. The number of carbonyl (C=O) groups is 2. The van der Waals surface area contributed by atoms with Gasteiger partial charge in [0.15, 0.2) is 0 Å². The van der Waals surface area contributed by atoms with E-state index < -0.39 is 12.1 Å². The maximum atomic E-state index is 11.7. The van der Waals surface area contributed by atoms with Crippen LogP contribution in [0.5, 0.6) is 0 Å². The summed E-state index contributed by atoms with van der Waals surface area (Å²) in [6, 6.07) is 15.7. The van der Waals surface area contributed by atoms with E-state index in [1.807, 2.05) is 55.5 Å². The van der Waals surface area contributed by atoms with Crippen LogP contribution in [0.15, 0.2) is 48.5 Å². The lowest BCUT2D eigenvalue weighted by molar-refractivity contribution is -0.192. The minimum Gasteiger partial charge on any atom is -0.475 e. The first-order chi connectivity index (χ1) is 14.0. The van der Waals surface area contributed by atoms with E-state index in [9.17, 15) is 18.0 Å². The second-order valence-corrected chi connectivity index (χ2v) is 6.86. The van der Waals surface area contributed by atoms with E-state index in [1.54, 1.807) is 6.92 Å². The Labute approximate surface area is 177 Å². The van der Waals surface area contributed by atoms with Crippen LogP contribution in [0.4, 0.5) is 13.2 Å². The number of ether oxygens (including phenoxy) is 1. The molecule has 0 saturated carbocycles. The fourth-order valence-corrected chi connectivity index (χ4v) is 2.59. The quantitative estimate of drug-likeness (QED) is 0.628. The summed E-state index contributed by atoms with van der Waals surface area (Å²) in [5.41, 5.74) is 9.41. The molecule has 2 aromatic rings. The Morgan fingerprint density at radius 3 is 2.17 bits per heavy atom. The van der Waals surface area contributed by atoms with E-state index in [-0.39, 0.29) is 17.9 Å². The third-order valence-corrected chi connectivity index (χ3v) is 4.36. The second kappa shape index (κ2) is 11.6. The molecule has 0 bridgehead atoms. The van der Waals surface area contributed by atoms with Gasteiger partial charge in [-0.1, -0.05) is 54.9 Å². The Hall–Kier alpha value is -2.58. The summed E-state index contributed by atoms with van der Waals surface area (Å²) in [5.74, 6) is -3.31. The summed E-state index contributed by atoms with van der Waals surface area (Å²) < 4.78 is 36.8. The zero-order chi connectivity index (χ0) is 22.9. The molecule has 9 heteroatoms. The standard InChI is InChI=1S/C19H22ClNO2.C2HF3O2/c1-3-23-19(22)13(2)18(21)11-14-7-9-15(10-8-14)16-5-4-6-17(20)12-16;3-2(4,5)1(6)7/h4-10,12-13,18H,3,11,21H2,1-2H3;(H,6,7)/t13-,18?;/m1./s1. The third-order valence-electron chi connectivity index (χ3n) is 4.13. The van der Waals surface area contributed by atoms with Gasteiger partial charge in [-0.2, -0.15) is 13.2 Å². The minimum atomic E-state index is -5.08. The summed E-state index contributed by atoms with van der Waals surface area (Å²) in [6.07, 6.45) is -4.45. The number of benzene rings is 2. The summed E-state index contributed by atoms with van der Waals surface area (Å²) in [5, 5.41) is 7.84. The van der Waals surface area contributed by atoms with Gasteiger partial charge in [0.2, 0.25) is 0 Å². The average molecular weight is 446 g/mol. The molecule has 0 radical (unpaired) electrons. The topological polar surface area (TPSA) is 89.6 Å². The number of nitrogens with two attached hydrogens (primary N) is 1. The number of rotatable bonds is 6. The SMILES string of the molecule is CCOC(=O)[C@H](C)C(N)Cc1ccc(-c2cccc(Cl)c2)cc1.O=C(O)C(F)(F)F. The van der Waals surface area contributed by atoms with Crippen molar-refractivity contribution in [3.8, 4) is 11.1 Å². The van der Waals surface area contributed by atoms with Crippen LogP contribution in [0, 0.1) is 5.92 Å². The zero-order valence-corrected chi connectivity index (χ0v) is 17.2. The van der Waals surface area contributed by atoms with Crippen molar-refractivity contribution in [2.45, 2.75) is 32.5 Å². The van der Waals surface area contributed by atoms with Gasteiger partial charge < -0.3 is 15.6 Å². The van der Waals surface area contributed by atoms with E-state index in [0.717, 1.165) is 21.7 Å². The van der Waals surface area contributed by atoms with Gasteiger partial charge >= 0.3 is 18.1 Å². The Bertz CT molecular complexity index is 841. The van der Waals surface area contributed by atoms with Crippen LogP contribution in [0.1, 0.15) is 19.4 Å². The fourth-order valence-electron chi connectivity index (χ4n) is 2.40. The predicted molar refractivity (Wildman–Crippen MR) is 108 cm³/mol. The average Bonchev–Trinajstić information content (AvgIpc) is 2.68. The summed E-state index contributed by atoms with van der Waals surface area (Å²) in [6.45, 7) is 3.98. The van der Waals surface area contributed by atoms with Crippen molar-refractivity contribution in [3.63, 3.8) is 0 Å². The molecule has 164 valence electrons. The third kappa shape index (κ3) is 8.42. The van der Waals surface area contributed by atoms with Crippen LogP contribution >= 0.6 is 11.6 Å². The van der Waals surface area contributed by atoms with Gasteiger partial charge in [-0.3, -0.25) is 4.79 Å². The molecule has 2 aromatic carbocycles. The maximum absolute atomic E-state index is 11.7. The van der Waals surface area contributed by atoms with Gasteiger partial charge in [0, 0.05) is 11.1 Å². The van der Waals surface area contributed by atoms with E-state index >= 15 is 0 Å². The molecule has 0 saturated heterocycles. The molecule has 0 amide bonds. The molecular formula is C21H23ClF3NO4. The Kier molecular flexibility index (Phi) is 9.81. The van der Waals surface area contributed by atoms with Crippen molar-refractivity contribution in [3.05, 3.63) is 59.1 Å². The number of alkyl halides is 3. The van der Waals surface area contributed by atoms with Crippen LogP contribution in [0.2, 0.25) is 5.02 Å². The molecule has 5 nitrogen and oxygen atoms in total. The maximum Gasteiger partial charge on any atom is 0.490 e. The molecule has 30 heavy (non-hydrogen) atoms. The van der Waals surface area contributed by atoms with Crippen LogP contribution < -0.4 is 5.73 Å². The Balaban J connectivity index is 0.000000553. The number of carboxylic acid groups (broad SMARTS) is 1. The monoisotopic (exact) mass is 445 g/mol. The fraction of sp³-hybridized carbons (Fsp3) is 0.333. The number of aliphatic carboxylic acids is 1. The highest BCUT2D eigenvalue weighted by molar-refractivity contribution is 6.30. The van der Waals surface area contributed by atoms with E-state index in [4.69, 9.17) is 32.0 Å². The molecule has 2 rings (SSSR count). The van der Waals surface area contributed by atoms with E-state index in [1.165, 1.54) is 0 Å². The lowest BCUT2D eigenvalue weighted by atomic mass is 9.94. The van der Waals surface area contributed by atoms with Crippen molar-refractivity contribution < 1.29 is 32.6 Å². The van der Waals surface area contributed by atoms with Crippen molar-refractivity contribution >= 4 is 23.5 Å². The molecule has 2 atom stereocenters. The molecule has 0 aliphatic carbocycles. The van der Waals surface area contributed by atoms with Crippen molar-refractivity contribution in [1.29, 1.82) is 0 Å². The number of hydrogen-bond acceptors (Lipinski definition) is 4. The van der Waals surface area contributed by atoms with Crippen molar-refractivity contribution in [2.24, 2.45) is 11.7 Å². The summed E-state index contributed by atoms with van der Waals surface area (Å²) >= 11 is 6.02. The minimum absolute atomic E-state index is 0.240. The van der Waals surface area contributed by atoms with Gasteiger partial charge in [-0.05, 0) is 42.2 Å². The van der Waals surface area contributed by atoms with E-state index in [2.05, 4.69) is 0 Å². The summed E-state index contributed by atoms with van der Waals surface area (Å²) in [7, 11) is 0. The van der Waals surface area contributed by atoms with Gasteiger partial charge in [-0.15, -0.1) is 0 Å². The van der Waals surface area contributed by atoms with Crippen molar-refractivity contribution in [2.75, 3.05) is 6.61 Å². The normalized spacial score (nSPS) is 12.9. The molecule has 0 heterocycles. The highest BCUT2D eigenvalue weighted by Crippen LogP contribution is 2.23. The Morgan fingerprint density at radius 2 is 1.70 bits per heavy atom. The zero-order valence-electron chi connectivity index (χ0n) is 16.4. The van der Waals surface area contributed by atoms with Gasteiger partial charge in [0.05, 0.1) is 12.5 Å². The van der Waals surface area contributed by atoms with Crippen LogP contribution in [-0.4, -0.2) is 35.9 Å². The number of carboxylic acids is 1. The van der Waals surface area contributed by atoms with Gasteiger partial charge in [0.25, 0.3) is 0 Å². The number of carbonyl (C=O) groups excluding carboxylic acids is 1. The molecule has 0 aliphatic rings. The lowest BCUT2D eigenvalue weighted by Gasteiger charge is -2.18. The highest BCUT2D eigenvalue weighted by atomic mass is 35.5. The first-order valence-electron chi connectivity index (χ1n) is 9.02. The molecule has 0 aliphatic heterocycles. The molecule has 1 unspecified atom stereocenters. The number of hydrogen-bond donors (Lipinski definition) is 2.